The van der Waals surface area contributed by atoms with E-state index in [0.29, 0.717) is 6.61 Å². The van der Waals surface area contributed by atoms with Crippen LogP contribution in [0.4, 0.5) is 0 Å². The third-order valence-corrected chi connectivity index (χ3v) is 11.2. The van der Waals surface area contributed by atoms with Gasteiger partial charge < -0.3 is 9.53 Å². The van der Waals surface area contributed by atoms with E-state index in [1.165, 1.54) is 38.3 Å². The molecule has 0 saturated carbocycles. The summed E-state index contributed by atoms with van der Waals surface area (Å²) in [5, 5.41) is 8.39. The topological polar surface area (TPSA) is 86.0 Å². The minimum Gasteiger partial charge on any atom is -0.0622 e. The van der Waals surface area contributed by atoms with Gasteiger partial charge in [-0.1, -0.05) is 188 Å². The predicted molar refractivity (Wildman–Crippen MR) is 199 cm³/mol. The number of carbonyl (C=O) groups excluding carboxylic acids is 1. The zero-order valence-corrected chi connectivity index (χ0v) is 30.3. The number of hydrogen-bond donors (Lipinski definition) is 0. The molecule has 0 aliphatic heterocycles. The van der Waals surface area contributed by atoms with Gasteiger partial charge in [0, 0.05) is 23.7 Å². The van der Waals surface area contributed by atoms with Crippen molar-refractivity contribution < 1.29 is 40.6 Å². The maximum absolute atomic E-state index is 9.06. The van der Waals surface area contributed by atoms with Crippen LogP contribution in [0.1, 0.15) is 6.92 Å². The molecule has 6 rings (SSSR count). The van der Waals surface area contributed by atoms with Crippen LogP contribution in [0.25, 0.3) is 0 Å². The van der Waals surface area contributed by atoms with E-state index in [2.05, 4.69) is 207 Å². The molecule has 6 aromatic rings. The number of ether oxygens (including phenoxy) is 1. The average molecular weight is 737 g/mol. The molecule has 0 amide bonds. The monoisotopic (exact) mass is 736 g/mol. The van der Waals surface area contributed by atoms with Crippen LogP contribution in [0.5, 0.6) is 0 Å². The summed E-state index contributed by atoms with van der Waals surface area (Å²) in [7, 11) is -0.892. The van der Waals surface area contributed by atoms with Gasteiger partial charge >= 0.3 is 33.9 Å². The Hall–Kier alpha value is -4.61. The molecule has 0 heterocycles. The van der Waals surface area contributed by atoms with Gasteiger partial charge in [-0.05, 0) is 54.6 Å². The summed E-state index contributed by atoms with van der Waals surface area (Å²) in [6, 6.07) is 64.7. The van der Waals surface area contributed by atoms with Crippen molar-refractivity contribution in [2.24, 2.45) is 0 Å². The zero-order chi connectivity index (χ0) is 36.0. The normalized spacial score (nSPS) is 8.82. The van der Waals surface area contributed by atoms with Crippen molar-refractivity contribution in [2.45, 2.75) is 6.92 Å². The Morgan fingerprint density at radius 1 is 0.420 bits per heavy atom. The molecule has 0 fully saturated rings. The molecule has 0 aliphatic carbocycles. The SMILES string of the molecule is CCO[C-]=O.[C-]#[O+].[C-]#[O+].[C-]#[O+].[Mn].c1ccc(P(c2ccccc2)c2ccccc2)cc1.c1ccc(P(c2ccccc2)c2ccccc2)cc1. The summed E-state index contributed by atoms with van der Waals surface area (Å²) in [4.78, 5) is 9.06. The van der Waals surface area contributed by atoms with E-state index < -0.39 is 15.8 Å². The Balaban J connectivity index is 0.000000738. The summed E-state index contributed by atoms with van der Waals surface area (Å²) >= 11 is 0. The van der Waals surface area contributed by atoms with Crippen LogP contribution in [0.15, 0.2) is 182 Å². The molecule has 0 unspecified atom stereocenters. The van der Waals surface area contributed by atoms with Crippen LogP contribution in [0.2, 0.25) is 0 Å². The van der Waals surface area contributed by atoms with Crippen molar-refractivity contribution in [3.05, 3.63) is 202 Å². The average Bonchev–Trinajstić information content (AvgIpc) is 3.21. The van der Waals surface area contributed by atoms with E-state index in [1.54, 1.807) is 6.92 Å². The van der Waals surface area contributed by atoms with Crippen LogP contribution >= 0.6 is 15.8 Å². The molecule has 0 aromatic heterocycles. The molecule has 0 aliphatic rings. The van der Waals surface area contributed by atoms with E-state index >= 15 is 0 Å². The largest absolute Gasteiger partial charge is 0.0622 e. The van der Waals surface area contributed by atoms with Crippen LogP contribution in [0, 0.1) is 20.0 Å². The van der Waals surface area contributed by atoms with E-state index in [1.807, 2.05) is 0 Å². The number of benzene rings is 6. The van der Waals surface area contributed by atoms with Gasteiger partial charge in [0.25, 0.3) is 0 Å². The Morgan fingerprint density at radius 2 is 0.580 bits per heavy atom. The first-order valence-electron chi connectivity index (χ1n) is 14.8. The summed E-state index contributed by atoms with van der Waals surface area (Å²) in [6.45, 7) is 16.9. The molecule has 0 saturated heterocycles. The molecule has 50 heavy (non-hydrogen) atoms. The van der Waals surface area contributed by atoms with Gasteiger partial charge in [-0.25, -0.2) is 0 Å². The quantitative estimate of drug-likeness (QED) is 0.0740. The molecule has 8 heteroatoms. The molecule has 0 bridgehead atoms. The van der Waals surface area contributed by atoms with Gasteiger partial charge in [0.15, 0.2) is 0 Å². The zero-order valence-electron chi connectivity index (χ0n) is 27.3. The van der Waals surface area contributed by atoms with Crippen molar-refractivity contribution in [1.82, 2.24) is 0 Å². The van der Waals surface area contributed by atoms with Gasteiger partial charge in [-0.2, -0.15) is 0 Å². The van der Waals surface area contributed by atoms with Crippen molar-refractivity contribution in [3.63, 3.8) is 0 Å². The maximum Gasteiger partial charge on any atom is 0 e. The second-order valence-corrected chi connectivity index (χ2v) is 13.6. The summed E-state index contributed by atoms with van der Waals surface area (Å²) < 4.78 is 26.5. The fourth-order valence-electron chi connectivity index (χ4n) is 4.42. The molecule has 6 aromatic carbocycles. The molecule has 1 radical (unpaired) electrons. The van der Waals surface area contributed by atoms with Crippen LogP contribution < -0.4 is 31.8 Å². The van der Waals surface area contributed by atoms with Gasteiger partial charge in [-0.3, -0.25) is 0 Å². The second kappa shape index (κ2) is 30.4. The first-order chi connectivity index (χ1) is 24.3. The summed E-state index contributed by atoms with van der Waals surface area (Å²) in [5.74, 6) is 0. The van der Waals surface area contributed by atoms with E-state index in [9.17, 15) is 0 Å². The Morgan fingerprint density at radius 3 is 0.680 bits per heavy atom. The van der Waals surface area contributed by atoms with Gasteiger partial charge in [0.2, 0.25) is 0 Å². The summed E-state index contributed by atoms with van der Waals surface area (Å²) in [5.41, 5.74) is 0. The molecule has 251 valence electrons. The van der Waals surface area contributed by atoms with Crippen LogP contribution in [-0.4, -0.2) is 13.1 Å². The summed E-state index contributed by atoms with van der Waals surface area (Å²) in [6.07, 6.45) is 0. The van der Waals surface area contributed by atoms with Crippen molar-refractivity contribution in [1.29, 1.82) is 0 Å². The Bertz CT molecular complexity index is 1400. The standard InChI is InChI=1S/2C18H15P.C3H5O2.3CO.Mn/c2*1-4-10-16(11-5-1)19(17-12-6-2-7-13-17)18-14-8-3-9-15-18;1-2-5-3-4;3*1-2;/h2*1-15H;2H2,1H3;;;;/q;;-1;;;;. The van der Waals surface area contributed by atoms with E-state index in [4.69, 9.17) is 18.8 Å². The first-order valence-corrected chi connectivity index (χ1v) is 17.5. The smallest absolute Gasteiger partial charge is 0 e. The third kappa shape index (κ3) is 16.2. The maximum atomic E-state index is 9.06. The van der Waals surface area contributed by atoms with Gasteiger partial charge in [0.05, 0.1) is 0 Å². The molecule has 0 spiro atoms. The Kier molecular flexibility index (Phi) is 27.6. The van der Waals surface area contributed by atoms with Crippen molar-refractivity contribution in [2.75, 3.05) is 6.61 Å². The van der Waals surface area contributed by atoms with Gasteiger partial charge in [-0.15, -0.1) is 0 Å². The molecular weight excluding hydrogens is 701 g/mol. The molecule has 0 atom stereocenters. The first kappa shape index (κ1) is 45.4. The van der Waals surface area contributed by atoms with E-state index in [0.717, 1.165) is 0 Å². The van der Waals surface area contributed by atoms with Crippen LogP contribution in [-0.2, 0) is 40.6 Å². The van der Waals surface area contributed by atoms with Crippen molar-refractivity contribution >= 4 is 54.1 Å². The third-order valence-electron chi connectivity index (χ3n) is 6.29. The van der Waals surface area contributed by atoms with Crippen LogP contribution in [0.3, 0.4) is 0 Å². The minimum atomic E-state index is -0.446. The van der Waals surface area contributed by atoms with Crippen molar-refractivity contribution in [3.8, 4) is 0 Å². The van der Waals surface area contributed by atoms with Gasteiger partial charge in [0.1, 0.15) is 0 Å². The number of rotatable bonds is 8. The molecule has 0 N–H and O–H groups in total. The fraction of sp³-hybridized carbons (Fsp3) is 0.0476. The minimum absolute atomic E-state index is 0. The van der Waals surface area contributed by atoms with E-state index in [-0.39, 0.29) is 17.1 Å². The fourth-order valence-corrected chi connectivity index (χ4v) is 9.03. The second-order valence-electron chi connectivity index (χ2n) is 9.20. The predicted octanol–water partition coefficient (Wildman–Crippen LogP) is 6.86. The molecular formula is C42H35MnO5P2-. The molecule has 5 nitrogen and oxygen atoms in total. The Labute approximate surface area is 308 Å². The number of hydrogen-bond acceptors (Lipinski definition) is 2.